The van der Waals surface area contributed by atoms with Crippen molar-refractivity contribution >= 4 is 17.7 Å². The molecule has 0 saturated carbocycles. The van der Waals surface area contributed by atoms with Gasteiger partial charge in [0.2, 0.25) is 0 Å². The quantitative estimate of drug-likeness (QED) is 0.389. The summed E-state index contributed by atoms with van der Waals surface area (Å²) in [6.45, 7) is 9.97. The molecule has 0 aliphatic rings. The van der Waals surface area contributed by atoms with Gasteiger partial charge in [-0.3, -0.25) is 0 Å². The summed E-state index contributed by atoms with van der Waals surface area (Å²) in [6, 6.07) is 0. The molecule has 0 heterocycles. The number of thioether (sulfide) groups is 1. The van der Waals surface area contributed by atoms with Crippen LogP contribution in [-0.2, 0) is 14.3 Å². The van der Waals surface area contributed by atoms with Crippen molar-refractivity contribution < 1.29 is 19.4 Å². The average molecular weight is 262 g/mol. The molecule has 0 saturated heterocycles. The molecule has 0 aliphatic carbocycles. The minimum Gasteiger partial charge on any atom is -0.460 e. The normalized spacial score (nSPS) is 12.5. The van der Waals surface area contributed by atoms with Crippen LogP contribution < -0.4 is 0 Å². The third kappa shape index (κ3) is 10.4. The molecule has 0 bridgehead atoms. The molecule has 5 heteroatoms. The number of aliphatic hydroxyl groups is 1. The topological polar surface area (TPSA) is 55.8 Å². The van der Waals surface area contributed by atoms with Crippen molar-refractivity contribution in [2.24, 2.45) is 0 Å². The van der Waals surface area contributed by atoms with E-state index in [4.69, 9.17) is 9.47 Å². The van der Waals surface area contributed by atoms with Gasteiger partial charge in [-0.15, -0.1) is 0 Å². The van der Waals surface area contributed by atoms with Gasteiger partial charge in [-0.2, -0.15) is 11.8 Å². The average Bonchev–Trinajstić information content (AvgIpc) is 2.24. The van der Waals surface area contributed by atoms with E-state index in [1.807, 2.05) is 0 Å². The van der Waals surface area contributed by atoms with Crippen molar-refractivity contribution in [1.29, 1.82) is 0 Å². The number of ether oxygens (including phenoxy) is 2. The smallest absolute Gasteiger partial charge is 0.333 e. The number of carbonyl (C=O) groups is 1. The molecule has 1 unspecified atom stereocenters. The van der Waals surface area contributed by atoms with E-state index in [1.165, 1.54) is 0 Å². The summed E-state index contributed by atoms with van der Waals surface area (Å²) in [5.41, 5.74) is 0.325. The highest BCUT2D eigenvalue weighted by molar-refractivity contribution is 7.99. The van der Waals surface area contributed by atoms with E-state index < -0.39 is 12.1 Å². The zero-order valence-corrected chi connectivity index (χ0v) is 11.6. The van der Waals surface area contributed by atoms with E-state index in [1.54, 1.807) is 18.7 Å². The van der Waals surface area contributed by atoms with Crippen molar-refractivity contribution in [3.63, 3.8) is 0 Å². The predicted molar refractivity (Wildman–Crippen MR) is 70.2 cm³/mol. The minimum absolute atomic E-state index is 0.0526. The molecule has 1 N–H and O–H groups in total. The van der Waals surface area contributed by atoms with E-state index in [0.29, 0.717) is 17.4 Å². The summed E-state index contributed by atoms with van der Waals surface area (Å²) < 4.78 is 10.0. The molecule has 4 nitrogen and oxygen atoms in total. The third-order valence-electron chi connectivity index (χ3n) is 1.74. The Bertz CT molecular complexity index is 241. The molecule has 17 heavy (non-hydrogen) atoms. The molecule has 100 valence electrons. The van der Waals surface area contributed by atoms with E-state index in [-0.39, 0.29) is 13.2 Å². The molecule has 0 amide bonds. The van der Waals surface area contributed by atoms with Gasteiger partial charge < -0.3 is 14.6 Å². The Morgan fingerprint density at radius 1 is 1.41 bits per heavy atom. The summed E-state index contributed by atoms with van der Waals surface area (Å²) in [5.74, 6) is 0.412. The van der Waals surface area contributed by atoms with Crippen LogP contribution in [0.1, 0.15) is 20.8 Å². The molecular weight excluding hydrogens is 240 g/mol. The van der Waals surface area contributed by atoms with Crippen molar-refractivity contribution in [2.45, 2.75) is 32.1 Å². The van der Waals surface area contributed by atoms with Gasteiger partial charge >= 0.3 is 5.97 Å². The van der Waals surface area contributed by atoms with Gasteiger partial charge in [0.15, 0.2) is 0 Å². The lowest BCUT2D eigenvalue weighted by atomic mass is 10.3. The summed E-state index contributed by atoms with van der Waals surface area (Å²) in [6.07, 6.45) is -0.776. The summed E-state index contributed by atoms with van der Waals surface area (Å²) in [4.78, 5) is 11.0. The van der Waals surface area contributed by atoms with Crippen LogP contribution in [-0.4, -0.2) is 48.0 Å². The number of rotatable bonds is 9. The standard InChI is InChI=1S/C12H22O4S/c1-9(2)12(14)16-8-11(13)7-15-5-6-17-10(3)4/h10-11,13H,1,5-8H2,2-4H3. The first kappa shape index (κ1) is 16.5. The molecule has 0 rings (SSSR count). The maximum atomic E-state index is 11.0. The van der Waals surface area contributed by atoms with Gasteiger partial charge in [0.1, 0.15) is 12.7 Å². The maximum Gasteiger partial charge on any atom is 0.333 e. The molecule has 0 aliphatic heterocycles. The van der Waals surface area contributed by atoms with Crippen LogP contribution in [0.5, 0.6) is 0 Å². The van der Waals surface area contributed by atoms with Crippen LogP contribution in [0.15, 0.2) is 12.2 Å². The van der Waals surface area contributed by atoms with E-state index >= 15 is 0 Å². The Labute approximate surface area is 107 Å². The third-order valence-corrected chi connectivity index (χ3v) is 2.81. The van der Waals surface area contributed by atoms with Gasteiger partial charge in [-0.25, -0.2) is 4.79 Å². The van der Waals surface area contributed by atoms with Crippen LogP contribution in [0.4, 0.5) is 0 Å². The lowest BCUT2D eigenvalue weighted by molar-refractivity contribution is -0.143. The van der Waals surface area contributed by atoms with Crippen LogP contribution in [0.2, 0.25) is 0 Å². The highest BCUT2D eigenvalue weighted by atomic mass is 32.2. The van der Waals surface area contributed by atoms with Crippen LogP contribution >= 0.6 is 11.8 Å². The Morgan fingerprint density at radius 3 is 2.59 bits per heavy atom. The van der Waals surface area contributed by atoms with E-state index in [9.17, 15) is 9.90 Å². The first-order chi connectivity index (χ1) is 7.93. The Hall–Kier alpha value is -0.520. The number of esters is 1. The molecule has 0 radical (unpaired) electrons. The van der Waals surface area contributed by atoms with Crippen molar-refractivity contribution in [1.82, 2.24) is 0 Å². The molecule has 0 aromatic rings. The second-order valence-corrected chi connectivity index (χ2v) is 5.71. The Balaban J connectivity index is 3.44. The number of hydrogen-bond donors (Lipinski definition) is 1. The molecule has 0 spiro atoms. The number of hydrogen-bond acceptors (Lipinski definition) is 5. The fourth-order valence-corrected chi connectivity index (χ4v) is 1.59. The molecule has 0 aromatic carbocycles. The molecule has 0 aromatic heterocycles. The Kier molecular flexibility index (Phi) is 9.21. The van der Waals surface area contributed by atoms with Crippen molar-refractivity contribution in [2.75, 3.05) is 25.6 Å². The zero-order chi connectivity index (χ0) is 13.3. The lowest BCUT2D eigenvalue weighted by Crippen LogP contribution is -2.24. The minimum atomic E-state index is -0.776. The summed E-state index contributed by atoms with van der Waals surface area (Å²) >= 11 is 1.80. The molecule has 1 atom stereocenters. The second-order valence-electron chi connectivity index (χ2n) is 4.03. The highest BCUT2D eigenvalue weighted by Gasteiger charge is 2.09. The lowest BCUT2D eigenvalue weighted by Gasteiger charge is -2.12. The first-order valence-corrected chi connectivity index (χ1v) is 6.68. The van der Waals surface area contributed by atoms with Crippen LogP contribution in [0.25, 0.3) is 0 Å². The first-order valence-electron chi connectivity index (χ1n) is 5.63. The predicted octanol–water partition coefficient (Wildman–Crippen LogP) is 1.62. The van der Waals surface area contributed by atoms with E-state index in [2.05, 4.69) is 20.4 Å². The van der Waals surface area contributed by atoms with Gasteiger partial charge in [0, 0.05) is 11.3 Å². The fraction of sp³-hybridized carbons (Fsp3) is 0.750. The fourth-order valence-electron chi connectivity index (χ4n) is 0.905. The van der Waals surface area contributed by atoms with Gasteiger partial charge in [-0.1, -0.05) is 20.4 Å². The SMILES string of the molecule is C=C(C)C(=O)OCC(O)COCCSC(C)C. The largest absolute Gasteiger partial charge is 0.460 e. The maximum absolute atomic E-state index is 11.0. The molecule has 0 fully saturated rings. The Morgan fingerprint density at radius 2 is 2.06 bits per heavy atom. The van der Waals surface area contributed by atoms with Gasteiger partial charge in [0.25, 0.3) is 0 Å². The van der Waals surface area contributed by atoms with Crippen LogP contribution in [0, 0.1) is 0 Å². The highest BCUT2D eigenvalue weighted by Crippen LogP contribution is 2.07. The zero-order valence-electron chi connectivity index (χ0n) is 10.8. The summed E-state index contributed by atoms with van der Waals surface area (Å²) in [7, 11) is 0. The van der Waals surface area contributed by atoms with Gasteiger partial charge in [0.05, 0.1) is 13.2 Å². The number of carbonyl (C=O) groups excluding carboxylic acids is 1. The van der Waals surface area contributed by atoms with Gasteiger partial charge in [-0.05, 0) is 12.2 Å². The summed E-state index contributed by atoms with van der Waals surface area (Å²) in [5, 5.41) is 10.0. The van der Waals surface area contributed by atoms with Crippen LogP contribution in [0.3, 0.4) is 0 Å². The molecular formula is C12H22O4S. The number of aliphatic hydroxyl groups excluding tert-OH is 1. The second kappa shape index (κ2) is 9.50. The van der Waals surface area contributed by atoms with E-state index in [0.717, 1.165) is 5.75 Å². The van der Waals surface area contributed by atoms with Crippen molar-refractivity contribution in [3.05, 3.63) is 12.2 Å². The van der Waals surface area contributed by atoms with Crippen molar-refractivity contribution in [3.8, 4) is 0 Å². The monoisotopic (exact) mass is 262 g/mol.